The summed E-state index contributed by atoms with van der Waals surface area (Å²) in [6.07, 6.45) is -4.49. The van der Waals surface area contributed by atoms with Crippen LogP contribution in [0.25, 0.3) is 0 Å². The van der Waals surface area contributed by atoms with Crippen molar-refractivity contribution in [3.63, 3.8) is 0 Å². The lowest BCUT2D eigenvalue weighted by Crippen LogP contribution is -2.35. The van der Waals surface area contributed by atoms with E-state index in [4.69, 9.17) is 4.74 Å². The van der Waals surface area contributed by atoms with Gasteiger partial charge in [-0.05, 0) is 30.7 Å². The molecule has 1 atom stereocenters. The zero-order valence-corrected chi connectivity index (χ0v) is 11.4. The van der Waals surface area contributed by atoms with Crippen LogP contribution in [-0.2, 0) is 6.18 Å². The van der Waals surface area contributed by atoms with Crippen molar-refractivity contribution in [3.05, 3.63) is 29.8 Å². The molecule has 19 heavy (non-hydrogen) atoms. The number of likely N-dealkylation sites (N-methyl/N-ethyl adjacent to an activating group) is 1. The molecule has 0 aromatic heterocycles. The summed E-state index contributed by atoms with van der Waals surface area (Å²) in [6, 6.07) is 5.00. The molecule has 0 amide bonds. The van der Waals surface area contributed by atoms with E-state index in [9.17, 15) is 13.2 Å². The highest BCUT2D eigenvalue weighted by molar-refractivity contribution is 5.30. The van der Waals surface area contributed by atoms with Crippen LogP contribution in [-0.4, -0.2) is 19.2 Å². The van der Waals surface area contributed by atoms with Gasteiger partial charge >= 0.3 is 6.18 Å². The first-order valence-corrected chi connectivity index (χ1v) is 6.39. The van der Waals surface area contributed by atoms with Crippen molar-refractivity contribution in [2.75, 3.05) is 13.1 Å². The minimum absolute atomic E-state index is 0.150. The number of halogens is 3. The largest absolute Gasteiger partial charge is 0.489 e. The smallest absolute Gasteiger partial charge is 0.416 e. The fourth-order valence-electron chi connectivity index (χ4n) is 1.62. The van der Waals surface area contributed by atoms with Crippen molar-refractivity contribution in [2.45, 2.75) is 33.1 Å². The third-order valence-electron chi connectivity index (χ3n) is 2.79. The second-order valence-corrected chi connectivity index (χ2v) is 4.73. The SMILES string of the molecule is CCNCC(Oc1cccc(C(F)(F)F)c1)C(C)C. The van der Waals surface area contributed by atoms with Crippen LogP contribution in [0, 0.1) is 5.92 Å². The Kier molecular flexibility index (Phi) is 5.66. The fraction of sp³-hybridized carbons (Fsp3) is 0.571. The Balaban J connectivity index is 2.79. The van der Waals surface area contributed by atoms with E-state index in [1.165, 1.54) is 6.07 Å². The van der Waals surface area contributed by atoms with Gasteiger partial charge in [-0.15, -0.1) is 0 Å². The molecule has 0 aliphatic rings. The number of rotatable bonds is 6. The van der Waals surface area contributed by atoms with Crippen LogP contribution in [0.5, 0.6) is 5.75 Å². The van der Waals surface area contributed by atoms with E-state index in [1.807, 2.05) is 20.8 Å². The minimum atomic E-state index is -4.34. The number of nitrogens with one attached hydrogen (secondary N) is 1. The maximum Gasteiger partial charge on any atom is 0.416 e. The molecule has 0 aliphatic heterocycles. The molecule has 1 aromatic carbocycles. The van der Waals surface area contributed by atoms with Crippen LogP contribution in [0.15, 0.2) is 24.3 Å². The average molecular weight is 275 g/mol. The average Bonchev–Trinajstić information content (AvgIpc) is 2.33. The second-order valence-electron chi connectivity index (χ2n) is 4.73. The summed E-state index contributed by atoms with van der Waals surface area (Å²) in [7, 11) is 0. The highest BCUT2D eigenvalue weighted by atomic mass is 19.4. The summed E-state index contributed by atoms with van der Waals surface area (Å²) in [5.41, 5.74) is -0.684. The molecule has 1 aromatic rings. The van der Waals surface area contributed by atoms with Gasteiger partial charge in [0.1, 0.15) is 11.9 Å². The fourth-order valence-corrected chi connectivity index (χ4v) is 1.62. The molecule has 0 saturated heterocycles. The van der Waals surface area contributed by atoms with Gasteiger partial charge in [0.25, 0.3) is 0 Å². The van der Waals surface area contributed by atoms with Crippen molar-refractivity contribution < 1.29 is 17.9 Å². The van der Waals surface area contributed by atoms with Crippen LogP contribution in [0.1, 0.15) is 26.3 Å². The molecule has 0 heterocycles. The van der Waals surface area contributed by atoms with E-state index in [-0.39, 0.29) is 17.8 Å². The highest BCUT2D eigenvalue weighted by Gasteiger charge is 2.30. The lowest BCUT2D eigenvalue weighted by Gasteiger charge is -2.23. The van der Waals surface area contributed by atoms with E-state index in [0.29, 0.717) is 6.54 Å². The van der Waals surface area contributed by atoms with E-state index in [1.54, 1.807) is 6.07 Å². The summed E-state index contributed by atoms with van der Waals surface area (Å²) in [5.74, 6) is 0.472. The number of benzene rings is 1. The minimum Gasteiger partial charge on any atom is -0.489 e. The summed E-state index contributed by atoms with van der Waals surface area (Å²) in [6.45, 7) is 7.35. The molecule has 2 nitrogen and oxygen atoms in total. The molecule has 108 valence electrons. The molecule has 5 heteroatoms. The quantitative estimate of drug-likeness (QED) is 0.854. The first-order valence-electron chi connectivity index (χ1n) is 6.39. The van der Waals surface area contributed by atoms with E-state index in [2.05, 4.69) is 5.32 Å². The van der Waals surface area contributed by atoms with Crippen LogP contribution in [0.4, 0.5) is 13.2 Å². The van der Waals surface area contributed by atoms with Gasteiger partial charge in [-0.3, -0.25) is 0 Å². The van der Waals surface area contributed by atoms with E-state index < -0.39 is 11.7 Å². The van der Waals surface area contributed by atoms with E-state index in [0.717, 1.165) is 18.7 Å². The molecular weight excluding hydrogens is 255 g/mol. The molecular formula is C14H20F3NO. The molecule has 0 saturated carbocycles. The lowest BCUT2D eigenvalue weighted by atomic mass is 10.1. The first kappa shape index (κ1) is 15.8. The summed E-state index contributed by atoms with van der Waals surface area (Å²) in [5, 5.41) is 3.15. The predicted octanol–water partition coefficient (Wildman–Crippen LogP) is 3.72. The van der Waals surface area contributed by atoms with Gasteiger partial charge in [0.05, 0.1) is 5.56 Å². The molecule has 0 spiro atoms. The van der Waals surface area contributed by atoms with Crippen molar-refractivity contribution >= 4 is 0 Å². The van der Waals surface area contributed by atoms with Gasteiger partial charge in [-0.1, -0.05) is 26.8 Å². The molecule has 0 bridgehead atoms. The Morgan fingerprint density at radius 2 is 1.95 bits per heavy atom. The number of hydrogen-bond acceptors (Lipinski definition) is 2. The van der Waals surface area contributed by atoms with E-state index >= 15 is 0 Å². The van der Waals surface area contributed by atoms with Crippen molar-refractivity contribution in [1.29, 1.82) is 0 Å². The maximum atomic E-state index is 12.6. The number of hydrogen-bond donors (Lipinski definition) is 1. The van der Waals surface area contributed by atoms with Gasteiger partial charge in [-0.25, -0.2) is 0 Å². The third kappa shape index (κ3) is 5.11. The molecule has 0 fully saturated rings. The second kappa shape index (κ2) is 6.80. The number of ether oxygens (including phenoxy) is 1. The molecule has 1 N–H and O–H groups in total. The van der Waals surface area contributed by atoms with Crippen LogP contribution >= 0.6 is 0 Å². The van der Waals surface area contributed by atoms with Crippen molar-refractivity contribution in [2.24, 2.45) is 5.92 Å². The summed E-state index contributed by atoms with van der Waals surface area (Å²) >= 11 is 0. The monoisotopic (exact) mass is 275 g/mol. The van der Waals surface area contributed by atoms with Gasteiger partial charge in [-0.2, -0.15) is 13.2 Å². The van der Waals surface area contributed by atoms with Crippen LogP contribution < -0.4 is 10.1 Å². The zero-order chi connectivity index (χ0) is 14.5. The molecule has 1 unspecified atom stereocenters. The molecule has 0 aliphatic carbocycles. The standard InChI is InChI=1S/C14H20F3NO/c1-4-18-9-13(10(2)3)19-12-7-5-6-11(8-12)14(15,16)17/h5-8,10,13,18H,4,9H2,1-3H3. The van der Waals surface area contributed by atoms with Gasteiger partial charge in [0.2, 0.25) is 0 Å². The topological polar surface area (TPSA) is 21.3 Å². The Morgan fingerprint density at radius 3 is 2.47 bits per heavy atom. The van der Waals surface area contributed by atoms with Gasteiger partial charge in [0, 0.05) is 6.54 Å². The highest BCUT2D eigenvalue weighted by Crippen LogP contribution is 2.31. The molecule has 1 rings (SSSR count). The summed E-state index contributed by atoms with van der Waals surface area (Å²) in [4.78, 5) is 0. The number of alkyl halides is 3. The van der Waals surface area contributed by atoms with Crippen LogP contribution in [0.3, 0.4) is 0 Å². The van der Waals surface area contributed by atoms with Crippen molar-refractivity contribution in [3.8, 4) is 5.75 Å². The van der Waals surface area contributed by atoms with Crippen LogP contribution in [0.2, 0.25) is 0 Å². The third-order valence-corrected chi connectivity index (χ3v) is 2.79. The maximum absolute atomic E-state index is 12.6. The van der Waals surface area contributed by atoms with Gasteiger partial charge in [0.15, 0.2) is 0 Å². The normalized spacial score (nSPS) is 13.6. The Labute approximate surface area is 112 Å². The summed E-state index contributed by atoms with van der Waals surface area (Å²) < 4.78 is 43.4. The zero-order valence-electron chi connectivity index (χ0n) is 11.4. The lowest BCUT2D eigenvalue weighted by molar-refractivity contribution is -0.137. The first-order chi connectivity index (χ1) is 8.84. The Hall–Kier alpha value is -1.23. The Morgan fingerprint density at radius 1 is 1.26 bits per heavy atom. The van der Waals surface area contributed by atoms with Crippen molar-refractivity contribution in [1.82, 2.24) is 5.32 Å². The predicted molar refractivity (Wildman–Crippen MR) is 69.2 cm³/mol. The van der Waals surface area contributed by atoms with Gasteiger partial charge < -0.3 is 10.1 Å². The molecule has 0 radical (unpaired) electrons. The Bertz CT molecular complexity index is 391.